The van der Waals surface area contributed by atoms with Crippen LogP contribution in [0.15, 0.2) is 53.7 Å². The van der Waals surface area contributed by atoms with Crippen LogP contribution in [0, 0.1) is 0 Å². The van der Waals surface area contributed by atoms with Gasteiger partial charge in [-0.15, -0.1) is 0 Å². The molecule has 33 heavy (non-hydrogen) atoms. The fourth-order valence-electron chi connectivity index (χ4n) is 4.24. The van der Waals surface area contributed by atoms with Crippen LogP contribution in [0.5, 0.6) is 0 Å². The Morgan fingerprint density at radius 2 is 1.85 bits per heavy atom. The number of benzene rings is 2. The van der Waals surface area contributed by atoms with Crippen LogP contribution in [0.2, 0.25) is 5.02 Å². The van der Waals surface area contributed by atoms with Crippen LogP contribution < -0.4 is 10.6 Å². The lowest BCUT2D eigenvalue weighted by Gasteiger charge is -2.37. The number of nitrogens with one attached hydrogen (secondary N) is 2. The van der Waals surface area contributed by atoms with Crippen molar-refractivity contribution in [3.63, 3.8) is 0 Å². The standard InChI is InChI=1S/C25H29ClN4O3/c1-2-5-19-6-3-4-7-21(19)28-24(32)30-14-12-25(13-15-30)16-22(29-33-25)23(31)27-17-18-8-10-20(26)11-9-18/h3-4,6-11H,2,5,12-17H2,1H3,(H,27,31)(H,28,32). The molecule has 0 unspecified atom stereocenters. The first-order valence-electron chi connectivity index (χ1n) is 11.4. The van der Waals surface area contributed by atoms with E-state index in [9.17, 15) is 9.59 Å². The van der Waals surface area contributed by atoms with Gasteiger partial charge in [-0.05, 0) is 35.7 Å². The molecule has 4 rings (SSSR count). The number of para-hydroxylation sites is 1. The van der Waals surface area contributed by atoms with E-state index in [2.05, 4.69) is 22.7 Å². The maximum absolute atomic E-state index is 12.8. The van der Waals surface area contributed by atoms with Crippen LogP contribution in [-0.2, 0) is 22.6 Å². The van der Waals surface area contributed by atoms with E-state index >= 15 is 0 Å². The van der Waals surface area contributed by atoms with Crippen LogP contribution in [0.1, 0.15) is 43.7 Å². The van der Waals surface area contributed by atoms with Crippen molar-refractivity contribution in [2.75, 3.05) is 18.4 Å². The van der Waals surface area contributed by atoms with Crippen LogP contribution in [-0.4, -0.2) is 41.2 Å². The predicted octanol–water partition coefficient (Wildman–Crippen LogP) is 4.75. The highest BCUT2D eigenvalue weighted by Crippen LogP contribution is 2.35. The van der Waals surface area contributed by atoms with E-state index in [4.69, 9.17) is 16.4 Å². The molecule has 7 nitrogen and oxygen atoms in total. The molecule has 2 aliphatic rings. The lowest BCUT2D eigenvalue weighted by atomic mass is 9.87. The zero-order valence-corrected chi connectivity index (χ0v) is 19.5. The van der Waals surface area contributed by atoms with Gasteiger partial charge < -0.3 is 20.4 Å². The van der Waals surface area contributed by atoms with Crippen LogP contribution in [0.3, 0.4) is 0 Å². The van der Waals surface area contributed by atoms with Gasteiger partial charge in [-0.2, -0.15) is 0 Å². The van der Waals surface area contributed by atoms with Gasteiger partial charge in [-0.3, -0.25) is 4.79 Å². The van der Waals surface area contributed by atoms with Crippen molar-refractivity contribution in [1.82, 2.24) is 10.2 Å². The normalized spacial score (nSPS) is 16.8. The SMILES string of the molecule is CCCc1ccccc1NC(=O)N1CCC2(CC1)CC(C(=O)NCc1ccc(Cl)cc1)=NO2. The predicted molar refractivity (Wildman–Crippen MR) is 129 cm³/mol. The first-order chi connectivity index (χ1) is 16.0. The summed E-state index contributed by atoms with van der Waals surface area (Å²) in [6.07, 6.45) is 3.66. The van der Waals surface area contributed by atoms with Gasteiger partial charge in [0.15, 0.2) is 0 Å². The third kappa shape index (κ3) is 5.66. The lowest BCUT2D eigenvalue weighted by molar-refractivity contribution is -0.115. The van der Waals surface area contributed by atoms with Crippen LogP contribution >= 0.6 is 11.6 Å². The van der Waals surface area contributed by atoms with Gasteiger partial charge >= 0.3 is 6.03 Å². The van der Waals surface area contributed by atoms with E-state index in [0.29, 0.717) is 49.6 Å². The summed E-state index contributed by atoms with van der Waals surface area (Å²) in [5.74, 6) is -0.227. The molecule has 3 amide bonds. The molecule has 0 radical (unpaired) electrons. The van der Waals surface area contributed by atoms with Gasteiger partial charge in [0.2, 0.25) is 0 Å². The molecule has 1 spiro atoms. The minimum Gasteiger partial charge on any atom is -0.388 e. The summed E-state index contributed by atoms with van der Waals surface area (Å²) in [7, 11) is 0. The highest BCUT2D eigenvalue weighted by atomic mass is 35.5. The Kier molecular flexibility index (Phi) is 7.18. The molecule has 174 valence electrons. The van der Waals surface area contributed by atoms with Gasteiger partial charge in [0.05, 0.1) is 0 Å². The van der Waals surface area contributed by atoms with Gasteiger partial charge in [0.25, 0.3) is 5.91 Å². The van der Waals surface area contributed by atoms with E-state index < -0.39 is 5.60 Å². The van der Waals surface area contributed by atoms with Crippen molar-refractivity contribution in [3.8, 4) is 0 Å². The van der Waals surface area contributed by atoms with E-state index in [0.717, 1.165) is 29.7 Å². The molecule has 2 N–H and O–H groups in total. The number of piperidine rings is 1. The molecule has 1 saturated heterocycles. The fourth-order valence-corrected chi connectivity index (χ4v) is 4.37. The number of likely N-dealkylation sites (tertiary alicyclic amines) is 1. The van der Waals surface area contributed by atoms with E-state index in [1.807, 2.05) is 36.4 Å². The number of aryl methyl sites for hydroxylation is 1. The first kappa shape index (κ1) is 23.1. The third-order valence-corrected chi connectivity index (χ3v) is 6.46. The number of urea groups is 1. The maximum Gasteiger partial charge on any atom is 0.321 e. The van der Waals surface area contributed by atoms with Crippen molar-refractivity contribution in [3.05, 3.63) is 64.7 Å². The molecule has 8 heteroatoms. The fraction of sp³-hybridized carbons (Fsp3) is 0.400. The highest BCUT2D eigenvalue weighted by molar-refractivity contribution is 6.39. The summed E-state index contributed by atoms with van der Waals surface area (Å²) in [6, 6.07) is 15.1. The maximum atomic E-state index is 12.8. The summed E-state index contributed by atoms with van der Waals surface area (Å²) in [4.78, 5) is 32.9. The minimum absolute atomic E-state index is 0.103. The quantitative estimate of drug-likeness (QED) is 0.641. The molecule has 2 aliphatic heterocycles. The second-order valence-corrected chi connectivity index (χ2v) is 9.06. The van der Waals surface area contributed by atoms with Crippen molar-refractivity contribution in [2.45, 2.75) is 51.2 Å². The molecule has 0 aliphatic carbocycles. The average molecular weight is 469 g/mol. The lowest BCUT2D eigenvalue weighted by Crippen LogP contribution is -2.48. The summed E-state index contributed by atoms with van der Waals surface area (Å²) in [5, 5.41) is 10.7. The number of rotatable bonds is 6. The van der Waals surface area contributed by atoms with E-state index in [-0.39, 0.29) is 11.9 Å². The topological polar surface area (TPSA) is 83.0 Å². The highest BCUT2D eigenvalue weighted by Gasteiger charge is 2.44. The molecule has 2 aromatic carbocycles. The molecule has 2 aromatic rings. The number of halogens is 1. The molecule has 0 saturated carbocycles. The number of oxime groups is 1. The number of carbonyl (C=O) groups excluding carboxylic acids is 2. The van der Waals surface area contributed by atoms with Gasteiger partial charge in [-0.1, -0.05) is 60.4 Å². The second kappa shape index (κ2) is 10.3. The van der Waals surface area contributed by atoms with Crippen molar-refractivity contribution < 1.29 is 14.4 Å². The molecule has 1 fully saturated rings. The summed E-state index contributed by atoms with van der Waals surface area (Å²) >= 11 is 5.90. The Bertz CT molecular complexity index is 1030. The zero-order chi connectivity index (χ0) is 23.3. The summed E-state index contributed by atoms with van der Waals surface area (Å²) < 4.78 is 0. The minimum atomic E-state index is -0.510. The Morgan fingerprint density at radius 3 is 2.58 bits per heavy atom. The van der Waals surface area contributed by atoms with Crippen molar-refractivity contribution >= 4 is 34.9 Å². The van der Waals surface area contributed by atoms with Crippen LogP contribution in [0.25, 0.3) is 0 Å². The molecular weight excluding hydrogens is 440 g/mol. The Labute approximate surface area is 199 Å². The smallest absolute Gasteiger partial charge is 0.321 e. The molecule has 0 bridgehead atoms. The zero-order valence-electron chi connectivity index (χ0n) is 18.8. The van der Waals surface area contributed by atoms with E-state index in [1.54, 1.807) is 17.0 Å². The monoisotopic (exact) mass is 468 g/mol. The largest absolute Gasteiger partial charge is 0.388 e. The number of carbonyl (C=O) groups is 2. The summed E-state index contributed by atoms with van der Waals surface area (Å²) in [5.41, 5.74) is 2.86. The van der Waals surface area contributed by atoms with Crippen molar-refractivity contribution in [1.29, 1.82) is 0 Å². The van der Waals surface area contributed by atoms with Gasteiger partial charge in [0, 0.05) is 49.6 Å². The first-order valence-corrected chi connectivity index (χ1v) is 11.8. The number of hydrogen-bond donors (Lipinski definition) is 2. The Morgan fingerprint density at radius 1 is 1.12 bits per heavy atom. The third-order valence-electron chi connectivity index (χ3n) is 6.21. The second-order valence-electron chi connectivity index (χ2n) is 8.62. The van der Waals surface area contributed by atoms with Gasteiger partial charge in [0.1, 0.15) is 11.3 Å². The molecule has 0 aromatic heterocycles. The van der Waals surface area contributed by atoms with Gasteiger partial charge in [-0.25, -0.2) is 4.79 Å². The van der Waals surface area contributed by atoms with Crippen LogP contribution in [0.4, 0.5) is 10.5 Å². The van der Waals surface area contributed by atoms with E-state index in [1.165, 1.54) is 0 Å². The summed E-state index contributed by atoms with van der Waals surface area (Å²) in [6.45, 7) is 3.63. The Balaban J connectivity index is 1.26. The molecule has 2 heterocycles. The molecular formula is C25H29ClN4O3. The number of anilines is 1. The number of amides is 3. The van der Waals surface area contributed by atoms with Crippen molar-refractivity contribution in [2.24, 2.45) is 5.16 Å². The number of nitrogens with zero attached hydrogens (tertiary/aromatic N) is 2. The molecule has 0 atom stereocenters. The average Bonchev–Trinajstić information content (AvgIpc) is 3.24. The Hall–Kier alpha value is -3.06. The number of hydrogen-bond acceptors (Lipinski definition) is 4.